The average Bonchev–Trinajstić information content (AvgIpc) is 3.09. The van der Waals surface area contributed by atoms with Crippen LogP contribution in [0.15, 0.2) is 53.9 Å². The average molecular weight is 433 g/mol. The molecule has 3 rings (SSSR count). The van der Waals surface area contributed by atoms with Gasteiger partial charge in [0.2, 0.25) is 5.91 Å². The number of amides is 2. The van der Waals surface area contributed by atoms with Gasteiger partial charge in [-0.05, 0) is 46.8 Å². The van der Waals surface area contributed by atoms with Gasteiger partial charge in [-0.25, -0.2) is 9.18 Å². The third kappa shape index (κ3) is 5.18. The Kier molecular flexibility index (Phi) is 6.26. The van der Waals surface area contributed by atoms with E-state index in [1.54, 1.807) is 35.7 Å². The van der Waals surface area contributed by atoms with E-state index in [9.17, 15) is 18.8 Å². The number of halogens is 2. The van der Waals surface area contributed by atoms with Gasteiger partial charge in [0.25, 0.3) is 0 Å². The quantitative estimate of drug-likeness (QED) is 0.353. The maximum Gasteiger partial charge on any atom is 0.409 e. The molecule has 1 heterocycles. The first kappa shape index (κ1) is 20.5. The molecule has 0 spiro atoms. The first-order valence-corrected chi connectivity index (χ1v) is 9.55. The van der Waals surface area contributed by atoms with E-state index in [1.165, 1.54) is 18.2 Å². The summed E-state index contributed by atoms with van der Waals surface area (Å²) in [6, 6.07) is 11.9. The summed E-state index contributed by atoms with van der Waals surface area (Å²) in [5.74, 6) is -1.45. The molecule has 0 saturated heterocycles. The Labute approximate surface area is 173 Å². The lowest BCUT2D eigenvalue weighted by Gasteiger charge is -2.13. The van der Waals surface area contributed by atoms with Gasteiger partial charge in [0, 0.05) is 0 Å². The number of rotatable bonds is 6. The Morgan fingerprint density at radius 3 is 2.28 bits per heavy atom. The van der Waals surface area contributed by atoms with E-state index in [2.05, 4.69) is 10.6 Å². The standard InChI is InChI=1S/C20H14ClFN2O4S/c21-14-7-8-29-19(14)17(25)10-18(26)23-16-9-12(3-6-15(16)24-20(27)28)11-1-4-13(22)5-2-11/h1-9,24H,10H2,(H,23,26)(H,27,28). The van der Waals surface area contributed by atoms with Gasteiger partial charge in [-0.1, -0.05) is 29.8 Å². The van der Waals surface area contributed by atoms with Crippen LogP contribution in [0.2, 0.25) is 5.02 Å². The number of hydrogen-bond donors (Lipinski definition) is 3. The molecular formula is C20H14ClFN2O4S. The van der Waals surface area contributed by atoms with Crippen LogP contribution in [0.3, 0.4) is 0 Å². The number of carbonyl (C=O) groups is 3. The topological polar surface area (TPSA) is 95.5 Å². The van der Waals surface area contributed by atoms with Crippen LogP contribution < -0.4 is 10.6 Å². The maximum absolute atomic E-state index is 13.2. The van der Waals surface area contributed by atoms with Crippen molar-refractivity contribution in [2.75, 3.05) is 10.6 Å². The van der Waals surface area contributed by atoms with E-state index < -0.39 is 30.0 Å². The molecule has 6 nitrogen and oxygen atoms in total. The fourth-order valence-corrected chi connectivity index (χ4v) is 3.71. The number of nitrogens with one attached hydrogen (secondary N) is 2. The molecular weight excluding hydrogens is 419 g/mol. The summed E-state index contributed by atoms with van der Waals surface area (Å²) >= 11 is 7.05. The minimum Gasteiger partial charge on any atom is -0.465 e. The summed E-state index contributed by atoms with van der Waals surface area (Å²) in [6.07, 6.45) is -1.76. The fraction of sp³-hybridized carbons (Fsp3) is 0.0500. The van der Waals surface area contributed by atoms with Crippen LogP contribution in [-0.2, 0) is 4.79 Å². The van der Waals surface area contributed by atoms with Gasteiger partial charge in [-0.2, -0.15) is 0 Å². The SMILES string of the molecule is O=C(O)Nc1ccc(-c2ccc(F)cc2)cc1NC(=O)CC(=O)c1sccc1Cl. The lowest BCUT2D eigenvalue weighted by Crippen LogP contribution is -2.18. The van der Waals surface area contributed by atoms with Gasteiger partial charge >= 0.3 is 6.09 Å². The van der Waals surface area contributed by atoms with Crippen LogP contribution in [0.1, 0.15) is 16.1 Å². The van der Waals surface area contributed by atoms with Gasteiger partial charge in [0.1, 0.15) is 5.82 Å². The second-order valence-corrected chi connectivity index (χ2v) is 7.27. The number of anilines is 2. The van der Waals surface area contributed by atoms with E-state index >= 15 is 0 Å². The summed E-state index contributed by atoms with van der Waals surface area (Å²) in [5, 5.41) is 15.7. The van der Waals surface area contributed by atoms with E-state index in [4.69, 9.17) is 16.7 Å². The fourth-order valence-electron chi connectivity index (χ4n) is 2.61. The van der Waals surface area contributed by atoms with E-state index in [0.29, 0.717) is 11.1 Å². The molecule has 0 aliphatic rings. The second-order valence-electron chi connectivity index (χ2n) is 5.94. The van der Waals surface area contributed by atoms with Crippen molar-refractivity contribution in [2.24, 2.45) is 0 Å². The van der Waals surface area contributed by atoms with Crippen LogP contribution >= 0.6 is 22.9 Å². The molecule has 2 amide bonds. The number of thiophene rings is 1. The summed E-state index contributed by atoms with van der Waals surface area (Å²) in [6.45, 7) is 0. The Hall–Kier alpha value is -3.23. The maximum atomic E-state index is 13.2. The normalized spacial score (nSPS) is 10.4. The smallest absolute Gasteiger partial charge is 0.409 e. The zero-order valence-corrected chi connectivity index (χ0v) is 16.3. The first-order chi connectivity index (χ1) is 13.8. The van der Waals surface area contributed by atoms with E-state index in [0.717, 1.165) is 11.3 Å². The number of benzene rings is 2. The molecule has 0 bridgehead atoms. The number of hydrogen-bond acceptors (Lipinski definition) is 4. The van der Waals surface area contributed by atoms with Crippen molar-refractivity contribution in [2.45, 2.75) is 6.42 Å². The molecule has 29 heavy (non-hydrogen) atoms. The monoisotopic (exact) mass is 432 g/mol. The van der Waals surface area contributed by atoms with E-state index in [1.807, 2.05) is 0 Å². The Bertz CT molecular complexity index is 1080. The number of ketones is 1. The van der Waals surface area contributed by atoms with Crippen LogP contribution in [0, 0.1) is 5.82 Å². The Balaban J connectivity index is 1.84. The molecule has 148 valence electrons. The van der Waals surface area contributed by atoms with Crippen molar-refractivity contribution in [1.29, 1.82) is 0 Å². The molecule has 0 unspecified atom stereocenters. The lowest BCUT2D eigenvalue weighted by molar-refractivity contribution is -0.115. The summed E-state index contributed by atoms with van der Waals surface area (Å²) in [5.41, 5.74) is 1.61. The van der Waals surface area contributed by atoms with Gasteiger partial charge < -0.3 is 10.4 Å². The van der Waals surface area contributed by atoms with Crippen LogP contribution in [-0.4, -0.2) is 22.9 Å². The zero-order chi connectivity index (χ0) is 21.0. The molecule has 0 fully saturated rings. The minimum absolute atomic E-state index is 0.137. The van der Waals surface area contributed by atoms with Crippen molar-refractivity contribution in [3.05, 3.63) is 69.6 Å². The molecule has 3 aromatic rings. The largest absolute Gasteiger partial charge is 0.465 e. The predicted octanol–water partition coefficient (Wildman–Crippen LogP) is 5.51. The summed E-state index contributed by atoms with van der Waals surface area (Å²) in [4.78, 5) is 35.9. The minimum atomic E-state index is -1.31. The highest BCUT2D eigenvalue weighted by Crippen LogP contribution is 2.30. The van der Waals surface area contributed by atoms with Crippen molar-refractivity contribution < 1.29 is 23.9 Å². The van der Waals surface area contributed by atoms with Gasteiger partial charge in [-0.15, -0.1) is 11.3 Å². The highest BCUT2D eigenvalue weighted by Gasteiger charge is 2.18. The molecule has 0 aliphatic heterocycles. The predicted molar refractivity (Wildman–Crippen MR) is 110 cm³/mol. The third-order valence-corrected chi connectivity index (χ3v) is 5.29. The van der Waals surface area contributed by atoms with Crippen molar-refractivity contribution >= 4 is 52.1 Å². The van der Waals surface area contributed by atoms with Crippen LogP contribution in [0.25, 0.3) is 11.1 Å². The van der Waals surface area contributed by atoms with Gasteiger partial charge in [-0.3, -0.25) is 14.9 Å². The van der Waals surface area contributed by atoms with Gasteiger partial charge in [0.15, 0.2) is 5.78 Å². The van der Waals surface area contributed by atoms with Crippen molar-refractivity contribution in [3.63, 3.8) is 0 Å². The molecule has 0 saturated carbocycles. The van der Waals surface area contributed by atoms with E-state index in [-0.39, 0.29) is 21.3 Å². The molecule has 1 aromatic heterocycles. The molecule has 0 aliphatic carbocycles. The Morgan fingerprint density at radius 2 is 1.66 bits per heavy atom. The lowest BCUT2D eigenvalue weighted by atomic mass is 10.0. The second kappa shape index (κ2) is 8.85. The highest BCUT2D eigenvalue weighted by atomic mass is 35.5. The molecule has 3 N–H and O–H groups in total. The number of carbonyl (C=O) groups excluding carboxylic acids is 2. The number of Topliss-reactive ketones (excluding diaryl/α,β-unsaturated/α-hetero) is 1. The molecule has 0 radical (unpaired) electrons. The summed E-state index contributed by atoms with van der Waals surface area (Å²) < 4.78 is 13.2. The molecule has 0 atom stereocenters. The molecule has 2 aromatic carbocycles. The van der Waals surface area contributed by atoms with Crippen LogP contribution in [0.5, 0.6) is 0 Å². The highest BCUT2D eigenvalue weighted by molar-refractivity contribution is 7.12. The molecule has 9 heteroatoms. The Morgan fingerprint density at radius 1 is 0.966 bits per heavy atom. The number of carboxylic acid groups (broad SMARTS) is 1. The van der Waals surface area contributed by atoms with Crippen LogP contribution in [0.4, 0.5) is 20.6 Å². The van der Waals surface area contributed by atoms with Crippen molar-refractivity contribution in [1.82, 2.24) is 0 Å². The third-order valence-electron chi connectivity index (χ3n) is 3.90. The van der Waals surface area contributed by atoms with Crippen molar-refractivity contribution in [3.8, 4) is 11.1 Å². The zero-order valence-electron chi connectivity index (χ0n) is 14.7. The van der Waals surface area contributed by atoms with Gasteiger partial charge in [0.05, 0.1) is 27.7 Å². The first-order valence-electron chi connectivity index (χ1n) is 8.29. The summed E-state index contributed by atoms with van der Waals surface area (Å²) in [7, 11) is 0.